The van der Waals surface area contributed by atoms with E-state index in [4.69, 9.17) is 0 Å². The van der Waals surface area contributed by atoms with Crippen molar-refractivity contribution in [3.63, 3.8) is 0 Å². The fourth-order valence-electron chi connectivity index (χ4n) is 10.4. The molecule has 4 aromatic rings. The number of carbonyl (C=O) groups excluding carboxylic acids is 2. The van der Waals surface area contributed by atoms with E-state index in [0.29, 0.717) is 37.3 Å². The molecule has 8 heterocycles. The van der Waals surface area contributed by atoms with Gasteiger partial charge < -0.3 is 30.0 Å². The van der Waals surface area contributed by atoms with Crippen LogP contribution in [0.1, 0.15) is 86.5 Å². The first-order chi connectivity index (χ1) is 30.2. The van der Waals surface area contributed by atoms with Gasteiger partial charge in [0, 0.05) is 85.1 Å². The van der Waals surface area contributed by atoms with E-state index < -0.39 is 11.8 Å². The van der Waals surface area contributed by atoms with E-state index in [1.165, 1.54) is 0 Å². The molecule has 4 bridgehead atoms. The second-order valence-electron chi connectivity index (χ2n) is 16.6. The van der Waals surface area contributed by atoms with Gasteiger partial charge in [-0.2, -0.15) is 0 Å². The lowest BCUT2D eigenvalue weighted by atomic mass is 9.86. The summed E-state index contributed by atoms with van der Waals surface area (Å²) in [5.41, 5.74) is 4.51. The summed E-state index contributed by atoms with van der Waals surface area (Å²) in [5, 5.41) is 26.6. The number of nitrogens with one attached hydrogen (secondary N) is 2. The number of rotatable bonds is 14. The first-order valence-electron chi connectivity index (χ1n) is 22.0. The number of aliphatic hydroxyl groups excluding tert-OH is 2. The SMILES string of the molecule is C/C=C/c1ccc2n(c1=O)C[C@H]1[C@H](CO)[C@@H](C(=O)NCc3ccccn3)[C@@H]2N1CCC.C/C=C\c1ccc2n(c1=O)C[C@H]1[C@H](CO)[C@@H](C(=O)NCc3ccccn3)[C@@H]2N1CCC. The quantitative estimate of drug-likeness (QED) is 0.146. The molecule has 8 rings (SSSR count). The fourth-order valence-corrected chi connectivity index (χ4v) is 10.4. The monoisotopic (exact) mass is 844 g/mol. The van der Waals surface area contributed by atoms with E-state index in [9.17, 15) is 29.4 Å². The maximum Gasteiger partial charge on any atom is 0.258 e. The summed E-state index contributed by atoms with van der Waals surface area (Å²) in [4.78, 5) is 66.1. The molecule has 4 aliphatic rings. The van der Waals surface area contributed by atoms with Crippen LogP contribution in [-0.2, 0) is 35.8 Å². The molecule has 2 amide bonds. The molecule has 2 fully saturated rings. The Balaban J connectivity index is 0.000000186. The molecule has 0 radical (unpaired) electrons. The third-order valence-electron chi connectivity index (χ3n) is 13.0. The normalized spacial score (nSPS) is 25.0. The molecule has 14 heteroatoms. The molecular weight excluding hydrogens is 785 g/mol. The van der Waals surface area contributed by atoms with E-state index in [-0.39, 0.29) is 72.1 Å². The number of aromatic nitrogens is 4. The second kappa shape index (κ2) is 20.1. The van der Waals surface area contributed by atoms with Gasteiger partial charge in [-0.15, -0.1) is 0 Å². The minimum Gasteiger partial charge on any atom is -0.396 e. The van der Waals surface area contributed by atoms with Crippen LogP contribution < -0.4 is 21.8 Å². The van der Waals surface area contributed by atoms with Crippen molar-refractivity contribution in [1.29, 1.82) is 0 Å². The zero-order valence-electron chi connectivity index (χ0n) is 36.1. The van der Waals surface area contributed by atoms with Crippen LogP contribution >= 0.6 is 0 Å². The Bertz CT molecular complexity index is 2200. The highest BCUT2D eigenvalue weighted by molar-refractivity contribution is 5.81. The number of hydrogen-bond acceptors (Lipinski definition) is 10. The Morgan fingerprint density at radius 2 is 1.08 bits per heavy atom. The molecule has 62 heavy (non-hydrogen) atoms. The molecule has 4 N–H and O–H groups in total. The highest BCUT2D eigenvalue weighted by Gasteiger charge is 2.56. The topological polar surface area (TPSA) is 175 Å². The highest BCUT2D eigenvalue weighted by atomic mass is 16.3. The van der Waals surface area contributed by atoms with Gasteiger partial charge in [0.2, 0.25) is 11.8 Å². The van der Waals surface area contributed by atoms with Gasteiger partial charge >= 0.3 is 0 Å². The van der Waals surface area contributed by atoms with Gasteiger partial charge in [0.1, 0.15) is 0 Å². The van der Waals surface area contributed by atoms with Crippen molar-refractivity contribution >= 4 is 24.0 Å². The lowest BCUT2D eigenvalue weighted by Crippen LogP contribution is -2.47. The van der Waals surface area contributed by atoms with Crippen LogP contribution in [0.5, 0.6) is 0 Å². The number of amides is 2. The van der Waals surface area contributed by atoms with Crippen molar-refractivity contribution in [1.82, 2.24) is 39.5 Å². The lowest BCUT2D eigenvalue weighted by molar-refractivity contribution is -0.128. The molecular formula is C48H60N8O6. The summed E-state index contributed by atoms with van der Waals surface area (Å²) in [6, 6.07) is 18.3. The van der Waals surface area contributed by atoms with Gasteiger partial charge in [0.15, 0.2) is 0 Å². The van der Waals surface area contributed by atoms with Crippen molar-refractivity contribution in [2.45, 2.75) is 90.9 Å². The van der Waals surface area contributed by atoms with E-state index in [1.54, 1.807) is 12.4 Å². The van der Waals surface area contributed by atoms with Crippen LogP contribution in [0.2, 0.25) is 0 Å². The van der Waals surface area contributed by atoms with Gasteiger partial charge in [-0.1, -0.05) is 50.3 Å². The minimum atomic E-state index is -0.425. The van der Waals surface area contributed by atoms with Gasteiger partial charge in [0.05, 0.1) is 48.4 Å². The largest absolute Gasteiger partial charge is 0.396 e. The predicted octanol–water partition coefficient (Wildman–Crippen LogP) is 3.93. The van der Waals surface area contributed by atoms with E-state index in [1.807, 2.05) is 108 Å². The average molecular weight is 845 g/mol. The van der Waals surface area contributed by atoms with Crippen molar-refractivity contribution < 1.29 is 19.8 Å². The molecule has 2 saturated heterocycles. The number of aliphatic hydroxyl groups is 2. The summed E-state index contributed by atoms with van der Waals surface area (Å²) in [5.74, 6) is -1.51. The Labute approximate surface area is 363 Å². The Hall–Kier alpha value is -5.54. The maximum atomic E-state index is 13.4. The Kier molecular flexibility index (Phi) is 14.4. The smallest absolute Gasteiger partial charge is 0.258 e. The lowest BCUT2D eigenvalue weighted by Gasteiger charge is -2.38. The number of carbonyl (C=O) groups is 2. The minimum absolute atomic E-state index is 0.0343. The van der Waals surface area contributed by atoms with Crippen molar-refractivity contribution in [2.75, 3.05) is 26.3 Å². The number of pyridine rings is 4. The van der Waals surface area contributed by atoms with Crippen LogP contribution in [0, 0.1) is 23.7 Å². The van der Waals surface area contributed by atoms with Crippen LogP contribution in [0.25, 0.3) is 12.2 Å². The molecule has 4 aliphatic heterocycles. The first-order valence-corrected chi connectivity index (χ1v) is 22.0. The average Bonchev–Trinajstić information content (AvgIpc) is 3.63. The van der Waals surface area contributed by atoms with Crippen LogP contribution in [-0.4, -0.2) is 89.3 Å². The Morgan fingerprint density at radius 1 is 0.661 bits per heavy atom. The number of fused-ring (bicyclic) bond motifs is 8. The van der Waals surface area contributed by atoms with Gasteiger partial charge in [-0.3, -0.25) is 38.9 Å². The van der Waals surface area contributed by atoms with Gasteiger partial charge in [-0.05, 0) is 88.3 Å². The maximum absolute atomic E-state index is 13.4. The molecule has 0 saturated carbocycles. The molecule has 328 valence electrons. The van der Waals surface area contributed by atoms with E-state index >= 15 is 0 Å². The number of nitrogens with zero attached hydrogens (tertiary/aromatic N) is 6. The predicted molar refractivity (Wildman–Crippen MR) is 238 cm³/mol. The Morgan fingerprint density at radius 3 is 1.42 bits per heavy atom. The third kappa shape index (κ3) is 8.61. The van der Waals surface area contributed by atoms with Crippen molar-refractivity contribution in [2.24, 2.45) is 23.7 Å². The summed E-state index contributed by atoms with van der Waals surface area (Å²) < 4.78 is 3.62. The van der Waals surface area contributed by atoms with Crippen LogP contribution in [0.4, 0.5) is 0 Å². The summed E-state index contributed by atoms with van der Waals surface area (Å²) in [7, 11) is 0. The van der Waals surface area contributed by atoms with Gasteiger partial charge in [-0.25, -0.2) is 0 Å². The van der Waals surface area contributed by atoms with Gasteiger partial charge in [0.25, 0.3) is 11.1 Å². The number of hydrogen-bond donors (Lipinski definition) is 4. The zero-order chi connectivity index (χ0) is 43.9. The van der Waals surface area contributed by atoms with Crippen LogP contribution in [0.3, 0.4) is 0 Å². The molecule has 14 nitrogen and oxygen atoms in total. The van der Waals surface area contributed by atoms with Crippen molar-refractivity contribution in [3.05, 3.63) is 140 Å². The standard InChI is InChI=1S/2C24H30N4O3/c2*1-3-7-16-9-10-19-22-21(23(30)26-13-17-8-5-6-11-25-17)18(15-29)20(27(22)12-4-2)14-28(19)24(16)31/h2*3,5-11,18,20-22,29H,4,12-15H2,1-2H3,(H,26,30)/b7-3+;7-3-/t2*18-,20-,21+,22+/m00/s1. The van der Waals surface area contributed by atoms with E-state index in [0.717, 1.165) is 48.7 Å². The second-order valence-corrected chi connectivity index (χ2v) is 16.6. The third-order valence-corrected chi connectivity index (χ3v) is 13.0. The molecule has 0 spiro atoms. The highest BCUT2D eigenvalue weighted by Crippen LogP contribution is 2.49. The summed E-state index contributed by atoms with van der Waals surface area (Å²) in [6.07, 6.45) is 12.6. The molecule has 0 aromatic carbocycles. The first kappa shape index (κ1) is 44.5. The van der Waals surface area contributed by atoms with E-state index in [2.05, 4.69) is 44.2 Å². The number of allylic oxidation sites excluding steroid dienone is 2. The van der Waals surface area contributed by atoms with Crippen LogP contribution in [0.15, 0.2) is 94.8 Å². The fraction of sp³-hybridized carbons (Fsp3) is 0.458. The zero-order valence-corrected chi connectivity index (χ0v) is 36.1. The summed E-state index contributed by atoms with van der Waals surface area (Å²) >= 11 is 0. The molecule has 0 unspecified atom stereocenters. The molecule has 8 atom stereocenters. The van der Waals surface area contributed by atoms with Crippen molar-refractivity contribution in [3.8, 4) is 0 Å². The summed E-state index contributed by atoms with van der Waals surface area (Å²) in [6.45, 7) is 11.1. The molecule has 0 aliphatic carbocycles. The molecule has 4 aromatic heterocycles.